The highest BCUT2D eigenvalue weighted by Gasteiger charge is 2.23. The number of nitrogens with one attached hydrogen (secondary N) is 1. The number of furan rings is 1. The molecule has 2 aromatic heterocycles. The highest BCUT2D eigenvalue weighted by molar-refractivity contribution is 5.11. The zero-order chi connectivity index (χ0) is 15.9. The summed E-state index contributed by atoms with van der Waals surface area (Å²) in [6.45, 7) is 6.38. The van der Waals surface area contributed by atoms with Crippen LogP contribution in [0.5, 0.6) is 0 Å². The summed E-state index contributed by atoms with van der Waals surface area (Å²) in [7, 11) is 2.19. The Hall–Kier alpha value is -1.69. The summed E-state index contributed by atoms with van der Waals surface area (Å²) in [5, 5.41) is 3.41. The second-order valence-electron chi connectivity index (χ2n) is 6.17. The van der Waals surface area contributed by atoms with Gasteiger partial charge < -0.3 is 9.73 Å². The SMILES string of the molecule is CN(CCc1ccncc1)C(CN1CCNCC1)c1ccco1. The zero-order valence-electron chi connectivity index (χ0n) is 13.8. The van der Waals surface area contributed by atoms with Crippen molar-refractivity contribution in [2.24, 2.45) is 0 Å². The molecule has 0 saturated carbocycles. The van der Waals surface area contributed by atoms with Crippen LogP contribution in [0.15, 0.2) is 47.3 Å². The number of nitrogens with zero attached hydrogens (tertiary/aromatic N) is 3. The molecule has 0 spiro atoms. The van der Waals surface area contributed by atoms with Gasteiger partial charge in [-0.05, 0) is 43.3 Å². The quantitative estimate of drug-likeness (QED) is 0.844. The van der Waals surface area contributed by atoms with E-state index in [4.69, 9.17) is 4.42 Å². The zero-order valence-corrected chi connectivity index (χ0v) is 13.8. The highest BCUT2D eigenvalue weighted by atomic mass is 16.3. The van der Waals surface area contributed by atoms with Gasteiger partial charge in [0.1, 0.15) is 5.76 Å². The number of rotatable bonds is 7. The lowest BCUT2D eigenvalue weighted by Crippen LogP contribution is -2.47. The van der Waals surface area contributed by atoms with E-state index in [-0.39, 0.29) is 0 Å². The van der Waals surface area contributed by atoms with Gasteiger partial charge in [-0.2, -0.15) is 0 Å². The molecule has 3 heterocycles. The summed E-state index contributed by atoms with van der Waals surface area (Å²) in [6, 6.07) is 8.55. The standard InChI is InChI=1S/C18H26N4O/c1-21(11-6-16-4-7-19-8-5-16)17(18-3-2-14-23-18)15-22-12-9-20-10-13-22/h2-5,7-8,14,17,20H,6,9-13,15H2,1H3. The first kappa shape index (κ1) is 16.2. The van der Waals surface area contributed by atoms with Crippen LogP contribution in [-0.4, -0.2) is 61.1 Å². The number of hydrogen-bond donors (Lipinski definition) is 1. The van der Waals surface area contributed by atoms with Gasteiger partial charge in [0.25, 0.3) is 0 Å². The van der Waals surface area contributed by atoms with Crippen molar-refractivity contribution in [3.63, 3.8) is 0 Å². The Morgan fingerprint density at radius 2 is 2.04 bits per heavy atom. The first-order valence-corrected chi connectivity index (χ1v) is 8.38. The van der Waals surface area contributed by atoms with Crippen molar-refractivity contribution in [3.8, 4) is 0 Å². The second-order valence-corrected chi connectivity index (χ2v) is 6.17. The van der Waals surface area contributed by atoms with E-state index in [0.717, 1.165) is 51.4 Å². The molecule has 1 atom stereocenters. The Morgan fingerprint density at radius 1 is 1.26 bits per heavy atom. The molecule has 1 saturated heterocycles. The molecule has 5 heteroatoms. The predicted molar refractivity (Wildman–Crippen MR) is 91.3 cm³/mol. The number of piperazine rings is 1. The molecule has 0 radical (unpaired) electrons. The average molecular weight is 314 g/mol. The van der Waals surface area contributed by atoms with Crippen molar-refractivity contribution in [1.29, 1.82) is 0 Å². The normalized spacial score (nSPS) is 17.5. The summed E-state index contributed by atoms with van der Waals surface area (Å²) in [4.78, 5) is 9.01. The Labute approximate surface area is 138 Å². The number of likely N-dealkylation sites (N-methyl/N-ethyl adjacent to an activating group) is 1. The smallest absolute Gasteiger partial charge is 0.122 e. The Morgan fingerprint density at radius 3 is 2.74 bits per heavy atom. The molecule has 0 amide bonds. The fraction of sp³-hybridized carbons (Fsp3) is 0.500. The van der Waals surface area contributed by atoms with Crippen LogP contribution in [0, 0.1) is 0 Å². The van der Waals surface area contributed by atoms with E-state index in [2.05, 4.69) is 45.3 Å². The van der Waals surface area contributed by atoms with E-state index in [1.54, 1.807) is 6.26 Å². The van der Waals surface area contributed by atoms with Crippen LogP contribution in [0.25, 0.3) is 0 Å². The van der Waals surface area contributed by atoms with E-state index < -0.39 is 0 Å². The third-order valence-electron chi connectivity index (χ3n) is 4.55. The van der Waals surface area contributed by atoms with E-state index in [0.29, 0.717) is 6.04 Å². The lowest BCUT2D eigenvalue weighted by molar-refractivity contribution is 0.136. The van der Waals surface area contributed by atoms with Crippen LogP contribution >= 0.6 is 0 Å². The summed E-state index contributed by atoms with van der Waals surface area (Å²) in [5.74, 6) is 1.06. The van der Waals surface area contributed by atoms with Crippen LogP contribution in [-0.2, 0) is 6.42 Å². The van der Waals surface area contributed by atoms with E-state index >= 15 is 0 Å². The molecule has 5 nitrogen and oxygen atoms in total. The molecular formula is C18H26N4O. The number of aromatic nitrogens is 1. The van der Waals surface area contributed by atoms with Crippen molar-refractivity contribution in [1.82, 2.24) is 20.1 Å². The van der Waals surface area contributed by atoms with Crippen molar-refractivity contribution >= 4 is 0 Å². The number of hydrogen-bond acceptors (Lipinski definition) is 5. The minimum atomic E-state index is 0.296. The van der Waals surface area contributed by atoms with Crippen molar-refractivity contribution < 1.29 is 4.42 Å². The summed E-state index contributed by atoms with van der Waals surface area (Å²) in [6.07, 6.45) is 6.52. The van der Waals surface area contributed by atoms with Gasteiger partial charge >= 0.3 is 0 Å². The van der Waals surface area contributed by atoms with E-state index in [1.165, 1.54) is 5.56 Å². The maximum atomic E-state index is 5.72. The number of pyridine rings is 1. The minimum absolute atomic E-state index is 0.296. The van der Waals surface area contributed by atoms with Crippen LogP contribution in [0.4, 0.5) is 0 Å². The molecule has 1 aliphatic rings. The second kappa shape index (κ2) is 8.24. The Balaban J connectivity index is 1.62. The van der Waals surface area contributed by atoms with Gasteiger partial charge in [-0.15, -0.1) is 0 Å². The first-order valence-electron chi connectivity index (χ1n) is 8.38. The van der Waals surface area contributed by atoms with Crippen LogP contribution in [0.3, 0.4) is 0 Å². The molecule has 0 aromatic carbocycles. The summed E-state index contributed by atoms with van der Waals surface area (Å²) < 4.78 is 5.72. The van der Waals surface area contributed by atoms with Gasteiger partial charge in [0, 0.05) is 51.7 Å². The van der Waals surface area contributed by atoms with E-state index in [1.807, 2.05) is 18.5 Å². The van der Waals surface area contributed by atoms with Gasteiger partial charge in [-0.1, -0.05) is 0 Å². The molecule has 23 heavy (non-hydrogen) atoms. The van der Waals surface area contributed by atoms with Crippen molar-refractivity contribution in [2.75, 3.05) is 46.3 Å². The van der Waals surface area contributed by atoms with Gasteiger partial charge in [0.15, 0.2) is 0 Å². The third kappa shape index (κ3) is 4.64. The first-order chi connectivity index (χ1) is 11.3. The molecule has 0 aliphatic carbocycles. The summed E-state index contributed by atoms with van der Waals surface area (Å²) >= 11 is 0. The predicted octanol–water partition coefficient (Wildman–Crippen LogP) is 1.80. The van der Waals surface area contributed by atoms with Crippen molar-refractivity contribution in [2.45, 2.75) is 12.5 Å². The molecule has 1 N–H and O–H groups in total. The molecule has 1 aliphatic heterocycles. The van der Waals surface area contributed by atoms with Crippen LogP contribution < -0.4 is 5.32 Å². The van der Waals surface area contributed by atoms with Crippen LogP contribution in [0.1, 0.15) is 17.4 Å². The topological polar surface area (TPSA) is 44.5 Å². The Bertz CT molecular complexity index is 552. The molecule has 1 fully saturated rings. The average Bonchev–Trinajstić information content (AvgIpc) is 3.14. The highest BCUT2D eigenvalue weighted by Crippen LogP contribution is 2.22. The molecule has 2 aromatic rings. The Kier molecular flexibility index (Phi) is 5.80. The largest absolute Gasteiger partial charge is 0.468 e. The fourth-order valence-corrected chi connectivity index (χ4v) is 3.08. The molecule has 1 unspecified atom stereocenters. The van der Waals surface area contributed by atoms with Gasteiger partial charge in [-0.25, -0.2) is 0 Å². The van der Waals surface area contributed by atoms with Crippen molar-refractivity contribution in [3.05, 3.63) is 54.2 Å². The van der Waals surface area contributed by atoms with E-state index in [9.17, 15) is 0 Å². The molecular weight excluding hydrogens is 288 g/mol. The molecule has 124 valence electrons. The fourth-order valence-electron chi connectivity index (χ4n) is 3.08. The van der Waals surface area contributed by atoms with Crippen LogP contribution in [0.2, 0.25) is 0 Å². The van der Waals surface area contributed by atoms with Gasteiger partial charge in [0.2, 0.25) is 0 Å². The minimum Gasteiger partial charge on any atom is -0.468 e. The lowest BCUT2D eigenvalue weighted by Gasteiger charge is -2.34. The molecule has 3 rings (SSSR count). The monoisotopic (exact) mass is 314 g/mol. The maximum Gasteiger partial charge on any atom is 0.122 e. The maximum absolute atomic E-state index is 5.72. The summed E-state index contributed by atoms with van der Waals surface area (Å²) in [5.41, 5.74) is 1.33. The lowest BCUT2D eigenvalue weighted by atomic mass is 10.1. The third-order valence-corrected chi connectivity index (χ3v) is 4.55. The molecule has 0 bridgehead atoms. The van der Waals surface area contributed by atoms with Gasteiger partial charge in [0.05, 0.1) is 12.3 Å². The van der Waals surface area contributed by atoms with Gasteiger partial charge in [-0.3, -0.25) is 14.8 Å².